The summed E-state index contributed by atoms with van der Waals surface area (Å²) >= 11 is 0. The molecule has 1 aromatic heterocycles. The largest absolute Gasteiger partial charge is 0.367 e. The van der Waals surface area contributed by atoms with Crippen LogP contribution in [0.4, 0.5) is 0 Å². The van der Waals surface area contributed by atoms with E-state index in [0.29, 0.717) is 13.0 Å². The third-order valence-corrected chi connectivity index (χ3v) is 3.54. The Kier molecular flexibility index (Phi) is 3.33. The monoisotopic (exact) mass is 236 g/mol. The van der Waals surface area contributed by atoms with Crippen molar-refractivity contribution >= 4 is 5.78 Å². The van der Waals surface area contributed by atoms with Crippen molar-refractivity contribution in [1.29, 1.82) is 0 Å². The van der Waals surface area contributed by atoms with Crippen molar-refractivity contribution < 1.29 is 9.53 Å². The van der Waals surface area contributed by atoms with Crippen molar-refractivity contribution in [2.24, 2.45) is 7.05 Å². The number of hydrogen-bond donors (Lipinski definition) is 0. The van der Waals surface area contributed by atoms with E-state index in [1.807, 2.05) is 20.0 Å². The summed E-state index contributed by atoms with van der Waals surface area (Å²) in [6.45, 7) is 4.67. The zero-order valence-electron chi connectivity index (χ0n) is 10.8. The second-order valence-electron chi connectivity index (χ2n) is 4.89. The first kappa shape index (κ1) is 12.3. The van der Waals surface area contributed by atoms with Crippen LogP contribution in [0.3, 0.4) is 0 Å². The molecule has 4 heteroatoms. The van der Waals surface area contributed by atoms with Crippen LogP contribution in [0.25, 0.3) is 0 Å². The van der Waals surface area contributed by atoms with Crippen LogP contribution < -0.4 is 0 Å². The third kappa shape index (κ3) is 2.41. The predicted octanol–water partition coefficient (Wildman–Crippen LogP) is 1.66. The molecule has 0 amide bonds. The average Bonchev–Trinajstić information content (AvgIpc) is 2.87. The minimum atomic E-state index is -0.573. The molecule has 0 aliphatic carbocycles. The lowest BCUT2D eigenvalue weighted by atomic mass is 9.94. The van der Waals surface area contributed by atoms with Crippen LogP contribution in [0, 0.1) is 0 Å². The maximum Gasteiger partial charge on any atom is 0.170 e. The fourth-order valence-electron chi connectivity index (χ4n) is 2.26. The Balaban J connectivity index is 2.09. The van der Waals surface area contributed by atoms with Gasteiger partial charge in [0.2, 0.25) is 0 Å². The Morgan fingerprint density at radius 3 is 2.94 bits per heavy atom. The van der Waals surface area contributed by atoms with Crippen LogP contribution in [0.5, 0.6) is 0 Å². The molecule has 0 N–H and O–H groups in total. The van der Waals surface area contributed by atoms with Crippen LogP contribution in [-0.4, -0.2) is 27.8 Å². The quantitative estimate of drug-likeness (QED) is 0.798. The van der Waals surface area contributed by atoms with E-state index in [0.717, 1.165) is 30.7 Å². The molecule has 1 aromatic rings. The molecule has 1 unspecified atom stereocenters. The fourth-order valence-corrected chi connectivity index (χ4v) is 2.26. The minimum Gasteiger partial charge on any atom is -0.367 e. The Morgan fingerprint density at radius 1 is 1.65 bits per heavy atom. The number of ether oxygens (including phenoxy) is 1. The van der Waals surface area contributed by atoms with Crippen LogP contribution in [-0.2, 0) is 29.4 Å². The molecule has 1 aliphatic rings. The summed E-state index contributed by atoms with van der Waals surface area (Å²) in [4.78, 5) is 12.2. The number of ketones is 1. The number of aromatic nitrogens is 2. The zero-order valence-corrected chi connectivity index (χ0v) is 10.8. The van der Waals surface area contributed by atoms with Gasteiger partial charge in [0.1, 0.15) is 5.60 Å². The van der Waals surface area contributed by atoms with Crippen molar-refractivity contribution in [2.75, 3.05) is 6.61 Å². The highest BCUT2D eigenvalue weighted by Crippen LogP contribution is 2.27. The van der Waals surface area contributed by atoms with Gasteiger partial charge in [0.25, 0.3) is 0 Å². The minimum absolute atomic E-state index is 0.167. The van der Waals surface area contributed by atoms with Gasteiger partial charge in [-0.05, 0) is 32.3 Å². The predicted molar refractivity (Wildman–Crippen MR) is 64.9 cm³/mol. The molecule has 0 spiro atoms. The Bertz CT molecular complexity index is 417. The fraction of sp³-hybridized carbons (Fsp3) is 0.692. The Labute approximate surface area is 102 Å². The summed E-state index contributed by atoms with van der Waals surface area (Å²) in [6, 6.07) is 2.01. The van der Waals surface area contributed by atoms with Gasteiger partial charge in [-0.2, -0.15) is 5.10 Å². The van der Waals surface area contributed by atoms with Crippen LogP contribution in [0.15, 0.2) is 6.07 Å². The lowest BCUT2D eigenvalue weighted by Gasteiger charge is -2.21. The average molecular weight is 236 g/mol. The van der Waals surface area contributed by atoms with E-state index in [9.17, 15) is 4.79 Å². The number of Topliss-reactive ketones (excluding diaryl/α,β-unsaturated/α-hetero) is 1. The molecule has 1 saturated heterocycles. The van der Waals surface area contributed by atoms with Gasteiger partial charge in [-0.15, -0.1) is 0 Å². The molecule has 1 atom stereocenters. The summed E-state index contributed by atoms with van der Waals surface area (Å²) in [7, 11) is 1.89. The second-order valence-corrected chi connectivity index (χ2v) is 4.89. The number of aryl methyl sites for hydroxylation is 2. The molecule has 0 aromatic carbocycles. The van der Waals surface area contributed by atoms with Gasteiger partial charge in [0.05, 0.1) is 12.1 Å². The number of nitrogens with zero attached hydrogens (tertiary/aromatic N) is 2. The smallest absolute Gasteiger partial charge is 0.170 e. The van der Waals surface area contributed by atoms with Crippen molar-refractivity contribution in [3.05, 3.63) is 17.5 Å². The first-order valence-electron chi connectivity index (χ1n) is 6.24. The lowest BCUT2D eigenvalue weighted by molar-refractivity contribution is -0.136. The first-order valence-corrected chi connectivity index (χ1v) is 6.24. The van der Waals surface area contributed by atoms with Gasteiger partial charge in [-0.3, -0.25) is 9.48 Å². The molecule has 1 fully saturated rings. The SMILES string of the molecule is CCc1cc(CC(=O)C2(C)CCCO2)n(C)n1. The summed E-state index contributed by atoms with van der Waals surface area (Å²) in [5, 5.41) is 4.36. The van der Waals surface area contributed by atoms with Crippen LogP contribution >= 0.6 is 0 Å². The van der Waals surface area contributed by atoms with E-state index in [1.54, 1.807) is 4.68 Å². The Morgan fingerprint density at radius 2 is 2.41 bits per heavy atom. The summed E-state index contributed by atoms with van der Waals surface area (Å²) < 4.78 is 7.37. The van der Waals surface area contributed by atoms with E-state index in [1.165, 1.54) is 0 Å². The van der Waals surface area contributed by atoms with Gasteiger partial charge in [0, 0.05) is 19.3 Å². The molecular formula is C13H20N2O2. The van der Waals surface area contributed by atoms with Crippen molar-refractivity contribution in [1.82, 2.24) is 9.78 Å². The first-order chi connectivity index (χ1) is 8.05. The van der Waals surface area contributed by atoms with E-state index in [2.05, 4.69) is 12.0 Å². The molecule has 1 aliphatic heterocycles. The van der Waals surface area contributed by atoms with Crippen molar-refractivity contribution in [2.45, 2.75) is 45.1 Å². The highest BCUT2D eigenvalue weighted by molar-refractivity contribution is 5.88. The van der Waals surface area contributed by atoms with E-state index >= 15 is 0 Å². The molecule has 0 radical (unpaired) electrons. The van der Waals surface area contributed by atoms with Gasteiger partial charge in [0.15, 0.2) is 5.78 Å². The Hall–Kier alpha value is -1.16. The highest BCUT2D eigenvalue weighted by atomic mass is 16.5. The van der Waals surface area contributed by atoms with Gasteiger partial charge < -0.3 is 4.74 Å². The van der Waals surface area contributed by atoms with E-state index < -0.39 is 5.60 Å². The number of hydrogen-bond acceptors (Lipinski definition) is 3. The van der Waals surface area contributed by atoms with Gasteiger partial charge in [-0.25, -0.2) is 0 Å². The number of carbonyl (C=O) groups excluding carboxylic acids is 1. The molecule has 0 bridgehead atoms. The standard InChI is InChI=1S/C13H20N2O2/c1-4-10-8-11(15(3)14-10)9-12(16)13(2)6-5-7-17-13/h8H,4-7,9H2,1-3H3. The molecule has 0 saturated carbocycles. The van der Waals surface area contributed by atoms with Crippen LogP contribution in [0.2, 0.25) is 0 Å². The van der Waals surface area contributed by atoms with Crippen molar-refractivity contribution in [3.63, 3.8) is 0 Å². The van der Waals surface area contributed by atoms with E-state index in [4.69, 9.17) is 4.74 Å². The molecule has 2 heterocycles. The van der Waals surface area contributed by atoms with E-state index in [-0.39, 0.29) is 5.78 Å². The van der Waals surface area contributed by atoms with Crippen LogP contribution in [0.1, 0.15) is 38.1 Å². The maximum atomic E-state index is 12.2. The van der Waals surface area contributed by atoms with Crippen molar-refractivity contribution in [3.8, 4) is 0 Å². The normalized spacial score (nSPS) is 24.2. The maximum absolute atomic E-state index is 12.2. The zero-order chi connectivity index (χ0) is 12.5. The van der Waals surface area contributed by atoms with Gasteiger partial charge in [-0.1, -0.05) is 6.92 Å². The summed E-state index contributed by atoms with van der Waals surface area (Å²) in [6.07, 6.45) is 3.13. The van der Waals surface area contributed by atoms with Gasteiger partial charge >= 0.3 is 0 Å². The number of carbonyl (C=O) groups is 1. The summed E-state index contributed by atoms with van der Waals surface area (Å²) in [5.41, 5.74) is 1.44. The number of rotatable bonds is 4. The molecule has 4 nitrogen and oxygen atoms in total. The summed E-state index contributed by atoms with van der Waals surface area (Å²) in [5.74, 6) is 0.167. The second kappa shape index (κ2) is 4.61. The topological polar surface area (TPSA) is 44.1 Å². The molecule has 2 rings (SSSR count). The molecule has 94 valence electrons. The third-order valence-electron chi connectivity index (χ3n) is 3.54. The molecule has 17 heavy (non-hydrogen) atoms. The molecular weight excluding hydrogens is 216 g/mol. The lowest BCUT2D eigenvalue weighted by Crippen LogP contribution is -2.35. The highest BCUT2D eigenvalue weighted by Gasteiger charge is 2.37.